The number of anilines is 1. The maximum atomic E-state index is 13.5. The Morgan fingerprint density at radius 3 is 2.31 bits per heavy atom. The molecule has 0 fully saturated rings. The third-order valence-electron chi connectivity index (χ3n) is 3.91. The van der Waals surface area contributed by atoms with Gasteiger partial charge in [-0.2, -0.15) is 0 Å². The van der Waals surface area contributed by atoms with Crippen LogP contribution >= 0.6 is 11.8 Å². The molecule has 0 spiro atoms. The number of nitrogens with one attached hydrogen (secondary N) is 1. The maximum Gasteiger partial charge on any atom is 0.253 e. The van der Waals surface area contributed by atoms with Gasteiger partial charge in [0.25, 0.3) is 5.91 Å². The van der Waals surface area contributed by atoms with Crippen molar-refractivity contribution in [2.24, 2.45) is 0 Å². The van der Waals surface area contributed by atoms with Crippen molar-refractivity contribution in [1.29, 1.82) is 0 Å². The number of nitrogens with zero attached hydrogens (tertiary/aromatic N) is 1. The quantitative estimate of drug-likeness (QED) is 0.754. The summed E-state index contributed by atoms with van der Waals surface area (Å²) < 4.78 is 13.5. The van der Waals surface area contributed by atoms with Crippen molar-refractivity contribution >= 4 is 29.3 Å². The molecule has 0 aliphatic heterocycles. The van der Waals surface area contributed by atoms with Gasteiger partial charge in [-0.1, -0.05) is 18.2 Å². The lowest BCUT2D eigenvalue weighted by molar-refractivity contribution is -0.113. The Bertz CT molecular complexity index is 746. The molecule has 6 heteroatoms. The summed E-state index contributed by atoms with van der Waals surface area (Å²) >= 11 is 1.35. The fourth-order valence-corrected chi connectivity index (χ4v) is 3.27. The molecule has 2 rings (SSSR count). The van der Waals surface area contributed by atoms with E-state index in [1.54, 1.807) is 47.4 Å². The van der Waals surface area contributed by atoms with Crippen LogP contribution in [0.4, 0.5) is 10.1 Å². The predicted octanol–water partition coefficient (Wildman–Crippen LogP) is 4.18. The second-order valence-corrected chi connectivity index (χ2v) is 6.67. The number of halogens is 1. The average Bonchev–Trinajstić information content (AvgIpc) is 2.65. The summed E-state index contributed by atoms with van der Waals surface area (Å²) in [6.07, 6.45) is 0. The molecule has 0 aliphatic rings. The van der Waals surface area contributed by atoms with Gasteiger partial charge in [0.2, 0.25) is 5.91 Å². The van der Waals surface area contributed by atoms with E-state index in [2.05, 4.69) is 5.32 Å². The van der Waals surface area contributed by atoms with E-state index in [0.717, 1.165) is 0 Å². The summed E-state index contributed by atoms with van der Waals surface area (Å²) in [6.45, 7) is 5.20. The van der Waals surface area contributed by atoms with Crippen molar-refractivity contribution in [2.45, 2.75) is 19.6 Å². The van der Waals surface area contributed by atoms with Gasteiger partial charge >= 0.3 is 0 Å². The van der Waals surface area contributed by atoms with Gasteiger partial charge < -0.3 is 10.2 Å². The summed E-state index contributed by atoms with van der Waals surface area (Å²) in [7, 11) is 0. The van der Waals surface area contributed by atoms with E-state index in [1.165, 1.54) is 17.8 Å². The molecule has 2 amide bonds. The largest absolute Gasteiger partial charge is 0.339 e. The van der Waals surface area contributed by atoms with Gasteiger partial charge in [0, 0.05) is 30.1 Å². The van der Waals surface area contributed by atoms with Crippen molar-refractivity contribution in [3.05, 3.63) is 65.5 Å². The second kappa shape index (κ2) is 9.97. The Kier molecular flexibility index (Phi) is 7.66. The zero-order valence-electron chi connectivity index (χ0n) is 15.0. The number of thioether (sulfide) groups is 1. The Morgan fingerprint density at radius 2 is 1.69 bits per heavy atom. The summed E-state index contributed by atoms with van der Waals surface area (Å²) in [5, 5.41) is 2.79. The number of hydrogen-bond acceptors (Lipinski definition) is 3. The van der Waals surface area contributed by atoms with Crippen molar-refractivity contribution < 1.29 is 14.0 Å². The third kappa shape index (κ3) is 5.59. The Hall–Kier alpha value is -2.34. The second-order valence-electron chi connectivity index (χ2n) is 5.69. The maximum absolute atomic E-state index is 13.5. The van der Waals surface area contributed by atoms with Crippen LogP contribution in [0.2, 0.25) is 0 Å². The molecule has 0 aliphatic carbocycles. The van der Waals surface area contributed by atoms with E-state index in [4.69, 9.17) is 0 Å². The van der Waals surface area contributed by atoms with Crippen LogP contribution in [0.25, 0.3) is 0 Å². The lowest BCUT2D eigenvalue weighted by Crippen LogP contribution is -2.30. The minimum atomic E-state index is -0.256. The first kappa shape index (κ1) is 20.0. The number of amides is 2. The topological polar surface area (TPSA) is 49.4 Å². The molecule has 2 aromatic rings. The number of rotatable bonds is 8. The van der Waals surface area contributed by atoms with Crippen LogP contribution in [0.15, 0.2) is 48.5 Å². The van der Waals surface area contributed by atoms with Gasteiger partial charge in [0.05, 0.1) is 5.75 Å². The predicted molar refractivity (Wildman–Crippen MR) is 105 cm³/mol. The first-order chi connectivity index (χ1) is 12.5. The fourth-order valence-electron chi connectivity index (χ4n) is 2.46. The Labute approximate surface area is 157 Å². The van der Waals surface area contributed by atoms with Crippen LogP contribution < -0.4 is 5.32 Å². The molecular weight excluding hydrogens is 351 g/mol. The minimum absolute atomic E-state index is 0.0201. The highest BCUT2D eigenvalue weighted by molar-refractivity contribution is 7.99. The molecule has 0 radical (unpaired) electrons. The molecular formula is C20H23FN2O2S. The van der Waals surface area contributed by atoms with Crippen LogP contribution in [0, 0.1) is 5.82 Å². The zero-order chi connectivity index (χ0) is 18.9. The van der Waals surface area contributed by atoms with Crippen molar-refractivity contribution in [2.75, 3.05) is 24.2 Å². The molecule has 2 aromatic carbocycles. The van der Waals surface area contributed by atoms with E-state index in [9.17, 15) is 14.0 Å². The standard InChI is InChI=1S/C20H23FN2O2S/c1-3-23(4-2)20(25)15-9-11-17(12-10-15)22-19(24)14-26-13-16-7-5-6-8-18(16)21/h5-12H,3-4,13-14H2,1-2H3,(H,22,24). The molecule has 0 unspecified atom stereocenters. The van der Waals surface area contributed by atoms with Crippen molar-refractivity contribution in [3.63, 3.8) is 0 Å². The lowest BCUT2D eigenvalue weighted by Gasteiger charge is -2.18. The summed E-state index contributed by atoms with van der Waals surface area (Å²) in [4.78, 5) is 26.0. The molecule has 0 bridgehead atoms. The minimum Gasteiger partial charge on any atom is -0.339 e. The smallest absolute Gasteiger partial charge is 0.253 e. The lowest BCUT2D eigenvalue weighted by atomic mass is 10.2. The summed E-state index contributed by atoms with van der Waals surface area (Å²) in [6, 6.07) is 13.4. The Balaban J connectivity index is 1.83. The molecule has 1 N–H and O–H groups in total. The van der Waals surface area contributed by atoms with Crippen molar-refractivity contribution in [3.8, 4) is 0 Å². The first-order valence-electron chi connectivity index (χ1n) is 8.55. The monoisotopic (exact) mass is 374 g/mol. The number of hydrogen-bond donors (Lipinski definition) is 1. The molecule has 26 heavy (non-hydrogen) atoms. The van der Waals surface area contributed by atoms with E-state index in [-0.39, 0.29) is 23.4 Å². The van der Waals surface area contributed by atoms with E-state index < -0.39 is 0 Å². The van der Waals surface area contributed by atoms with Gasteiger partial charge in [0.1, 0.15) is 5.82 Å². The van der Waals surface area contributed by atoms with Crippen LogP contribution in [0.3, 0.4) is 0 Å². The molecule has 0 saturated carbocycles. The highest BCUT2D eigenvalue weighted by atomic mass is 32.2. The van der Waals surface area contributed by atoms with Gasteiger partial charge in [-0.15, -0.1) is 11.8 Å². The Morgan fingerprint density at radius 1 is 1.04 bits per heavy atom. The molecule has 0 aromatic heterocycles. The average molecular weight is 374 g/mol. The number of carbonyl (C=O) groups is 2. The van der Waals surface area contributed by atoms with Crippen LogP contribution in [0.1, 0.15) is 29.8 Å². The normalized spacial score (nSPS) is 10.4. The van der Waals surface area contributed by atoms with Gasteiger partial charge in [-0.05, 0) is 49.7 Å². The molecule has 138 valence electrons. The first-order valence-corrected chi connectivity index (χ1v) is 9.71. The molecule has 0 atom stereocenters. The highest BCUT2D eigenvalue weighted by Gasteiger charge is 2.12. The van der Waals surface area contributed by atoms with Crippen LogP contribution in [-0.4, -0.2) is 35.6 Å². The van der Waals surface area contributed by atoms with Crippen molar-refractivity contribution in [1.82, 2.24) is 4.90 Å². The summed E-state index contributed by atoms with van der Waals surface area (Å²) in [5.41, 5.74) is 1.82. The number of benzene rings is 2. The van der Waals surface area contributed by atoms with E-state index >= 15 is 0 Å². The van der Waals surface area contributed by atoms with E-state index in [0.29, 0.717) is 35.7 Å². The number of carbonyl (C=O) groups excluding carboxylic acids is 2. The van der Waals surface area contributed by atoms with Gasteiger partial charge in [-0.25, -0.2) is 4.39 Å². The van der Waals surface area contributed by atoms with E-state index in [1.807, 2.05) is 13.8 Å². The fraction of sp³-hybridized carbons (Fsp3) is 0.300. The third-order valence-corrected chi connectivity index (χ3v) is 4.90. The summed E-state index contributed by atoms with van der Waals surface area (Å²) in [5.74, 6) is 0.239. The van der Waals surface area contributed by atoms with Crippen LogP contribution in [0.5, 0.6) is 0 Å². The molecule has 0 saturated heterocycles. The van der Waals surface area contributed by atoms with Gasteiger partial charge in [0.15, 0.2) is 0 Å². The molecule has 4 nitrogen and oxygen atoms in total. The zero-order valence-corrected chi connectivity index (χ0v) is 15.8. The van der Waals surface area contributed by atoms with Gasteiger partial charge in [-0.3, -0.25) is 9.59 Å². The van der Waals surface area contributed by atoms with Crippen LogP contribution in [-0.2, 0) is 10.5 Å². The highest BCUT2D eigenvalue weighted by Crippen LogP contribution is 2.16. The molecule has 0 heterocycles. The SMILES string of the molecule is CCN(CC)C(=O)c1ccc(NC(=O)CSCc2ccccc2F)cc1.